The van der Waals surface area contributed by atoms with Crippen LogP contribution in [0.25, 0.3) is 0 Å². The lowest BCUT2D eigenvalue weighted by Gasteiger charge is -2.30. The van der Waals surface area contributed by atoms with Crippen LogP contribution >= 0.6 is 0 Å². The fourth-order valence-corrected chi connectivity index (χ4v) is 5.98. The molecule has 3 aliphatic rings. The summed E-state index contributed by atoms with van der Waals surface area (Å²) in [5.74, 6) is 0.145. The number of piperidine rings is 1. The first-order valence-corrected chi connectivity index (χ1v) is 10.7. The molecule has 1 aromatic rings. The first-order valence-electron chi connectivity index (χ1n) is 9.10. The molecule has 0 aliphatic carbocycles. The van der Waals surface area contributed by atoms with Gasteiger partial charge in [-0.25, -0.2) is 8.42 Å². The Balaban J connectivity index is 1.48. The van der Waals surface area contributed by atoms with E-state index in [4.69, 9.17) is 0 Å². The van der Waals surface area contributed by atoms with Crippen molar-refractivity contribution in [2.45, 2.75) is 57.2 Å². The molecule has 0 saturated carbocycles. The first kappa shape index (κ1) is 16.8. The van der Waals surface area contributed by atoms with Gasteiger partial charge in [-0.15, -0.1) is 0 Å². The summed E-state index contributed by atoms with van der Waals surface area (Å²) in [5, 5.41) is 6.75. The molecule has 25 heavy (non-hydrogen) atoms. The number of nitrogens with zero attached hydrogens (tertiary/aromatic N) is 1. The molecule has 0 radical (unpaired) electrons. The van der Waals surface area contributed by atoms with Crippen molar-refractivity contribution in [1.29, 1.82) is 0 Å². The monoisotopic (exact) mass is 363 g/mol. The summed E-state index contributed by atoms with van der Waals surface area (Å²) in [4.78, 5) is 12.7. The molecule has 6 nitrogen and oxygen atoms in total. The predicted octanol–water partition coefficient (Wildman–Crippen LogP) is 1.55. The van der Waals surface area contributed by atoms with Crippen LogP contribution in [0.4, 0.5) is 5.69 Å². The third-order valence-electron chi connectivity index (χ3n) is 5.65. The van der Waals surface area contributed by atoms with E-state index in [1.807, 2.05) is 13.0 Å². The third-order valence-corrected chi connectivity index (χ3v) is 7.52. The van der Waals surface area contributed by atoms with Crippen LogP contribution < -0.4 is 14.9 Å². The van der Waals surface area contributed by atoms with Gasteiger partial charge in [0.05, 0.1) is 11.4 Å². The zero-order chi connectivity index (χ0) is 17.6. The number of hydrogen-bond acceptors (Lipinski definition) is 4. The maximum Gasteiger partial charge on any atom is 0.251 e. The number of nitrogens with one attached hydrogen (secondary N) is 2. The van der Waals surface area contributed by atoms with Crippen molar-refractivity contribution in [2.75, 3.05) is 16.6 Å². The van der Waals surface area contributed by atoms with Gasteiger partial charge in [-0.05, 0) is 62.8 Å². The second-order valence-electron chi connectivity index (χ2n) is 7.52. The number of carbonyl (C=O) groups excluding carboxylic acids is 1. The molecule has 3 aliphatic heterocycles. The number of sulfonamides is 1. The molecule has 2 N–H and O–H groups in total. The Morgan fingerprint density at radius 2 is 1.96 bits per heavy atom. The van der Waals surface area contributed by atoms with Crippen LogP contribution in [0.1, 0.15) is 48.0 Å². The average molecular weight is 363 g/mol. The van der Waals surface area contributed by atoms with Crippen LogP contribution in [0, 0.1) is 6.92 Å². The lowest BCUT2D eigenvalue weighted by Crippen LogP contribution is -2.48. The number of aryl methyl sites for hydroxylation is 1. The zero-order valence-corrected chi connectivity index (χ0v) is 15.3. The molecule has 136 valence electrons. The molecule has 3 fully saturated rings. The van der Waals surface area contributed by atoms with E-state index in [-0.39, 0.29) is 17.7 Å². The maximum absolute atomic E-state index is 12.7. The fraction of sp³-hybridized carbons (Fsp3) is 0.611. The van der Waals surface area contributed by atoms with Crippen molar-refractivity contribution in [1.82, 2.24) is 10.6 Å². The number of anilines is 1. The Kier molecular flexibility index (Phi) is 4.24. The minimum Gasteiger partial charge on any atom is -0.349 e. The molecule has 0 spiro atoms. The number of rotatable bonds is 3. The number of carbonyl (C=O) groups is 1. The third kappa shape index (κ3) is 3.27. The molecule has 2 atom stereocenters. The van der Waals surface area contributed by atoms with Crippen molar-refractivity contribution in [3.8, 4) is 0 Å². The molecular formula is C18H25N3O3S. The minimum absolute atomic E-state index is 0.0559. The molecule has 2 unspecified atom stereocenters. The van der Waals surface area contributed by atoms with Crippen LogP contribution in [0.5, 0.6) is 0 Å². The molecule has 1 amide bonds. The Hall–Kier alpha value is -1.60. The van der Waals surface area contributed by atoms with Gasteiger partial charge in [-0.3, -0.25) is 9.10 Å². The summed E-state index contributed by atoms with van der Waals surface area (Å²) in [7, 11) is -3.19. The van der Waals surface area contributed by atoms with Gasteiger partial charge in [0.15, 0.2) is 0 Å². The highest BCUT2D eigenvalue weighted by molar-refractivity contribution is 7.93. The average Bonchev–Trinajstić information content (AvgIpc) is 3.08. The zero-order valence-electron chi connectivity index (χ0n) is 14.5. The Morgan fingerprint density at radius 3 is 2.56 bits per heavy atom. The van der Waals surface area contributed by atoms with Crippen molar-refractivity contribution in [3.63, 3.8) is 0 Å². The van der Waals surface area contributed by atoms with Crippen LogP contribution in [0.3, 0.4) is 0 Å². The summed E-state index contributed by atoms with van der Waals surface area (Å²) in [6.07, 6.45) is 5.04. The summed E-state index contributed by atoms with van der Waals surface area (Å²) in [6.45, 7) is 2.39. The van der Waals surface area contributed by atoms with Crippen molar-refractivity contribution in [3.05, 3.63) is 29.3 Å². The van der Waals surface area contributed by atoms with Crippen LogP contribution in [-0.4, -0.2) is 44.7 Å². The van der Waals surface area contributed by atoms with E-state index in [2.05, 4.69) is 10.6 Å². The first-order chi connectivity index (χ1) is 11.9. The van der Waals surface area contributed by atoms with Crippen LogP contribution in [0.2, 0.25) is 0 Å². The van der Waals surface area contributed by atoms with E-state index in [1.54, 1.807) is 12.1 Å². The van der Waals surface area contributed by atoms with E-state index < -0.39 is 10.0 Å². The highest BCUT2D eigenvalue weighted by Crippen LogP contribution is 2.28. The number of fused-ring (bicyclic) bond motifs is 2. The smallest absolute Gasteiger partial charge is 0.251 e. The Morgan fingerprint density at radius 1 is 1.24 bits per heavy atom. The van der Waals surface area contributed by atoms with Gasteiger partial charge in [0.25, 0.3) is 5.91 Å². The van der Waals surface area contributed by atoms with E-state index in [0.29, 0.717) is 36.3 Å². The molecule has 3 saturated heterocycles. The van der Waals surface area contributed by atoms with E-state index in [1.165, 1.54) is 17.1 Å². The Bertz CT molecular complexity index is 781. The maximum atomic E-state index is 12.7. The second kappa shape index (κ2) is 6.29. The molecule has 4 rings (SSSR count). The van der Waals surface area contributed by atoms with E-state index >= 15 is 0 Å². The summed E-state index contributed by atoms with van der Waals surface area (Å²) < 4.78 is 25.6. The van der Waals surface area contributed by atoms with Gasteiger partial charge in [0.1, 0.15) is 0 Å². The molecule has 7 heteroatoms. The SMILES string of the molecule is Cc1cc(N2CCCS2(=O)=O)ccc1C(=O)NC1CC2CCC(C1)N2. The van der Waals surface area contributed by atoms with Gasteiger partial charge in [-0.2, -0.15) is 0 Å². The van der Waals surface area contributed by atoms with Gasteiger partial charge in [0, 0.05) is 30.2 Å². The second-order valence-corrected chi connectivity index (χ2v) is 9.53. The molecular weight excluding hydrogens is 338 g/mol. The number of benzene rings is 1. The van der Waals surface area contributed by atoms with Crippen LogP contribution in [0.15, 0.2) is 18.2 Å². The molecule has 2 bridgehead atoms. The molecule has 0 aromatic heterocycles. The van der Waals surface area contributed by atoms with Gasteiger partial charge in [0.2, 0.25) is 10.0 Å². The Labute approximate surface area is 149 Å². The van der Waals surface area contributed by atoms with Crippen molar-refractivity contribution < 1.29 is 13.2 Å². The van der Waals surface area contributed by atoms with Crippen molar-refractivity contribution >= 4 is 21.6 Å². The van der Waals surface area contributed by atoms with Crippen LogP contribution in [-0.2, 0) is 10.0 Å². The number of hydrogen-bond donors (Lipinski definition) is 2. The topological polar surface area (TPSA) is 78.5 Å². The quantitative estimate of drug-likeness (QED) is 0.854. The van der Waals surface area contributed by atoms with Gasteiger partial charge in [-0.1, -0.05) is 0 Å². The molecule has 1 aromatic carbocycles. The fourth-order valence-electron chi connectivity index (χ4n) is 4.43. The largest absolute Gasteiger partial charge is 0.349 e. The lowest BCUT2D eigenvalue weighted by atomic mass is 9.99. The van der Waals surface area contributed by atoms with Crippen molar-refractivity contribution in [2.24, 2.45) is 0 Å². The normalized spacial score (nSPS) is 30.4. The summed E-state index contributed by atoms with van der Waals surface area (Å²) in [5.41, 5.74) is 2.10. The van der Waals surface area contributed by atoms with Gasteiger partial charge >= 0.3 is 0 Å². The molecule has 3 heterocycles. The van der Waals surface area contributed by atoms with Gasteiger partial charge < -0.3 is 10.6 Å². The highest BCUT2D eigenvalue weighted by atomic mass is 32.2. The number of amides is 1. The van der Waals surface area contributed by atoms with E-state index in [0.717, 1.165) is 18.4 Å². The summed E-state index contributed by atoms with van der Waals surface area (Å²) >= 11 is 0. The predicted molar refractivity (Wildman–Crippen MR) is 97.4 cm³/mol. The highest BCUT2D eigenvalue weighted by Gasteiger charge is 2.34. The standard InChI is InChI=1S/C18H25N3O3S/c1-12-9-16(21-7-2-8-25(21,23)24)5-6-17(12)18(22)20-15-10-13-3-4-14(11-15)19-13/h5-6,9,13-15,19H,2-4,7-8,10-11H2,1H3,(H,20,22). The van der Waals surface area contributed by atoms with E-state index in [9.17, 15) is 13.2 Å². The lowest BCUT2D eigenvalue weighted by molar-refractivity contribution is 0.0923. The minimum atomic E-state index is -3.19. The summed E-state index contributed by atoms with van der Waals surface area (Å²) in [6, 6.07) is 6.61.